The molecular weight excluding hydrogens is 266 g/mol. The van der Waals surface area contributed by atoms with Gasteiger partial charge < -0.3 is 15.4 Å². The normalized spacial score (nSPS) is 18.5. The Labute approximate surface area is 126 Å². The van der Waals surface area contributed by atoms with Crippen molar-refractivity contribution in [1.82, 2.24) is 10.2 Å². The van der Waals surface area contributed by atoms with Crippen molar-refractivity contribution < 1.29 is 9.53 Å². The topological polar surface area (TPSA) is 53.6 Å². The molecule has 21 heavy (non-hydrogen) atoms. The fraction of sp³-hybridized carbons (Fsp3) is 0.562. The van der Waals surface area contributed by atoms with Crippen LogP contribution in [0.4, 0.5) is 5.69 Å². The quantitative estimate of drug-likeness (QED) is 0.835. The lowest BCUT2D eigenvalue weighted by atomic mass is 9.99. The second kappa shape index (κ2) is 8.00. The van der Waals surface area contributed by atoms with E-state index >= 15 is 0 Å². The number of hydrogen-bond acceptors (Lipinski definition) is 4. The summed E-state index contributed by atoms with van der Waals surface area (Å²) >= 11 is 0. The molecule has 1 unspecified atom stereocenters. The number of piperidine rings is 1. The second-order valence-electron chi connectivity index (χ2n) is 5.69. The van der Waals surface area contributed by atoms with Crippen molar-refractivity contribution >= 4 is 11.6 Å². The van der Waals surface area contributed by atoms with Crippen molar-refractivity contribution in [2.45, 2.75) is 12.8 Å². The van der Waals surface area contributed by atoms with Crippen LogP contribution in [0.3, 0.4) is 0 Å². The van der Waals surface area contributed by atoms with Gasteiger partial charge in [0.15, 0.2) is 0 Å². The Morgan fingerprint density at radius 1 is 1.43 bits per heavy atom. The summed E-state index contributed by atoms with van der Waals surface area (Å²) in [6.45, 7) is 3.56. The van der Waals surface area contributed by atoms with Crippen molar-refractivity contribution in [3.05, 3.63) is 24.3 Å². The molecule has 5 heteroatoms. The SMILES string of the molecule is COc1ccc(NC(=O)CN(C)CC2CCCNC2)cc1. The molecule has 1 fully saturated rings. The molecule has 116 valence electrons. The van der Waals surface area contributed by atoms with Gasteiger partial charge in [-0.05, 0) is 63.2 Å². The predicted octanol–water partition coefficient (Wildman–Crippen LogP) is 1.57. The average molecular weight is 291 g/mol. The van der Waals surface area contributed by atoms with Gasteiger partial charge in [-0.2, -0.15) is 0 Å². The number of nitrogens with one attached hydrogen (secondary N) is 2. The molecule has 1 aromatic carbocycles. The minimum absolute atomic E-state index is 0.0198. The number of anilines is 1. The zero-order valence-corrected chi connectivity index (χ0v) is 12.9. The largest absolute Gasteiger partial charge is 0.497 e. The first kappa shape index (κ1) is 15.8. The van der Waals surface area contributed by atoms with Crippen LogP contribution >= 0.6 is 0 Å². The Bertz CT molecular complexity index is 441. The van der Waals surface area contributed by atoms with Gasteiger partial charge in [0.25, 0.3) is 0 Å². The molecule has 1 saturated heterocycles. The highest BCUT2D eigenvalue weighted by atomic mass is 16.5. The summed E-state index contributed by atoms with van der Waals surface area (Å²) in [5, 5.41) is 6.31. The maximum atomic E-state index is 12.0. The van der Waals surface area contributed by atoms with Gasteiger partial charge in [0.2, 0.25) is 5.91 Å². The molecule has 1 aliphatic rings. The minimum atomic E-state index is 0.0198. The molecule has 0 bridgehead atoms. The first-order valence-electron chi connectivity index (χ1n) is 7.50. The number of methoxy groups -OCH3 is 1. The maximum absolute atomic E-state index is 12.0. The number of hydrogen-bond donors (Lipinski definition) is 2. The van der Waals surface area contributed by atoms with E-state index in [0.29, 0.717) is 12.5 Å². The Kier molecular flexibility index (Phi) is 6.02. The Morgan fingerprint density at radius 3 is 2.81 bits per heavy atom. The van der Waals surface area contributed by atoms with Crippen LogP contribution in [0, 0.1) is 5.92 Å². The minimum Gasteiger partial charge on any atom is -0.497 e. The second-order valence-corrected chi connectivity index (χ2v) is 5.69. The number of ether oxygens (including phenoxy) is 1. The van der Waals surface area contributed by atoms with Crippen LogP contribution in [0.15, 0.2) is 24.3 Å². The third kappa shape index (κ3) is 5.36. The van der Waals surface area contributed by atoms with Crippen LogP contribution in [0.5, 0.6) is 5.75 Å². The van der Waals surface area contributed by atoms with Gasteiger partial charge >= 0.3 is 0 Å². The zero-order valence-electron chi connectivity index (χ0n) is 12.9. The molecule has 1 aliphatic heterocycles. The summed E-state index contributed by atoms with van der Waals surface area (Å²) in [5.74, 6) is 1.46. The van der Waals surface area contributed by atoms with Gasteiger partial charge in [-0.15, -0.1) is 0 Å². The van der Waals surface area contributed by atoms with Crippen molar-refractivity contribution in [2.24, 2.45) is 5.92 Å². The van der Waals surface area contributed by atoms with Crippen LogP contribution < -0.4 is 15.4 Å². The predicted molar refractivity (Wildman–Crippen MR) is 84.7 cm³/mol. The van der Waals surface area contributed by atoms with Crippen molar-refractivity contribution in [3.63, 3.8) is 0 Å². The number of carbonyl (C=O) groups excluding carboxylic acids is 1. The van der Waals surface area contributed by atoms with E-state index in [-0.39, 0.29) is 5.91 Å². The van der Waals surface area contributed by atoms with E-state index in [1.165, 1.54) is 12.8 Å². The monoisotopic (exact) mass is 291 g/mol. The first-order chi connectivity index (χ1) is 10.2. The zero-order chi connectivity index (χ0) is 15.1. The molecule has 1 aromatic rings. The lowest BCUT2D eigenvalue weighted by molar-refractivity contribution is -0.117. The number of nitrogens with zero attached hydrogens (tertiary/aromatic N) is 1. The molecule has 1 heterocycles. The van der Waals surface area contributed by atoms with Gasteiger partial charge in [-0.1, -0.05) is 0 Å². The van der Waals surface area contributed by atoms with E-state index in [4.69, 9.17) is 4.74 Å². The number of rotatable bonds is 6. The van der Waals surface area contributed by atoms with Crippen molar-refractivity contribution in [2.75, 3.05) is 45.7 Å². The number of amides is 1. The van der Waals surface area contributed by atoms with Crippen molar-refractivity contribution in [1.29, 1.82) is 0 Å². The highest BCUT2D eigenvalue weighted by Gasteiger charge is 2.16. The Balaban J connectivity index is 1.74. The van der Waals surface area contributed by atoms with E-state index in [1.54, 1.807) is 7.11 Å². The standard InChI is InChI=1S/C16H25N3O2/c1-19(11-13-4-3-9-17-10-13)12-16(20)18-14-5-7-15(21-2)8-6-14/h5-8,13,17H,3-4,9-12H2,1-2H3,(H,18,20). The molecule has 1 amide bonds. The van der Waals surface area contributed by atoms with E-state index in [9.17, 15) is 4.79 Å². The lowest BCUT2D eigenvalue weighted by Crippen LogP contribution is -2.39. The summed E-state index contributed by atoms with van der Waals surface area (Å²) in [4.78, 5) is 14.1. The smallest absolute Gasteiger partial charge is 0.238 e. The summed E-state index contributed by atoms with van der Waals surface area (Å²) < 4.78 is 5.10. The Hall–Kier alpha value is -1.59. The van der Waals surface area contributed by atoms with E-state index in [2.05, 4.69) is 15.5 Å². The van der Waals surface area contributed by atoms with E-state index < -0.39 is 0 Å². The maximum Gasteiger partial charge on any atom is 0.238 e. The van der Waals surface area contributed by atoms with Crippen molar-refractivity contribution in [3.8, 4) is 5.75 Å². The summed E-state index contributed by atoms with van der Waals surface area (Å²) in [6.07, 6.45) is 2.48. The van der Waals surface area contributed by atoms with Gasteiger partial charge in [-0.25, -0.2) is 0 Å². The molecular formula is C16H25N3O2. The van der Waals surface area contributed by atoms with Gasteiger partial charge in [0.1, 0.15) is 5.75 Å². The third-order valence-electron chi connectivity index (χ3n) is 3.76. The molecule has 5 nitrogen and oxygen atoms in total. The van der Waals surface area contributed by atoms with Crippen LogP contribution in [0.25, 0.3) is 0 Å². The van der Waals surface area contributed by atoms with Crippen LogP contribution in [0.2, 0.25) is 0 Å². The molecule has 2 rings (SSSR count). The first-order valence-corrected chi connectivity index (χ1v) is 7.50. The fourth-order valence-electron chi connectivity index (χ4n) is 2.71. The van der Waals surface area contributed by atoms with E-state index in [1.807, 2.05) is 31.3 Å². The molecule has 1 atom stereocenters. The number of benzene rings is 1. The lowest BCUT2D eigenvalue weighted by Gasteiger charge is -2.27. The van der Waals surface area contributed by atoms with Crippen LogP contribution in [-0.2, 0) is 4.79 Å². The molecule has 0 radical (unpaired) electrons. The van der Waals surface area contributed by atoms with Gasteiger partial charge in [0, 0.05) is 12.2 Å². The Morgan fingerprint density at radius 2 is 2.19 bits per heavy atom. The van der Waals surface area contributed by atoms with Gasteiger partial charge in [-0.3, -0.25) is 9.69 Å². The van der Waals surface area contributed by atoms with Crippen LogP contribution in [0.1, 0.15) is 12.8 Å². The van der Waals surface area contributed by atoms with Gasteiger partial charge in [0.05, 0.1) is 13.7 Å². The average Bonchev–Trinajstić information content (AvgIpc) is 2.48. The number of carbonyl (C=O) groups is 1. The number of likely N-dealkylation sites (N-methyl/N-ethyl adjacent to an activating group) is 1. The molecule has 0 aliphatic carbocycles. The third-order valence-corrected chi connectivity index (χ3v) is 3.76. The fourth-order valence-corrected chi connectivity index (χ4v) is 2.71. The molecule has 0 aromatic heterocycles. The summed E-state index contributed by atoms with van der Waals surface area (Å²) in [7, 11) is 3.63. The summed E-state index contributed by atoms with van der Waals surface area (Å²) in [6, 6.07) is 7.38. The highest BCUT2D eigenvalue weighted by molar-refractivity contribution is 5.92. The molecule has 0 saturated carbocycles. The van der Waals surface area contributed by atoms with Crippen LogP contribution in [-0.4, -0.2) is 51.1 Å². The highest BCUT2D eigenvalue weighted by Crippen LogP contribution is 2.15. The molecule has 0 spiro atoms. The summed E-state index contributed by atoms with van der Waals surface area (Å²) in [5.41, 5.74) is 0.800. The van der Waals surface area contributed by atoms with E-state index in [0.717, 1.165) is 31.1 Å². The molecule has 2 N–H and O–H groups in total.